The van der Waals surface area contributed by atoms with Crippen molar-refractivity contribution in [3.63, 3.8) is 0 Å². The molecule has 10 heavy (non-hydrogen) atoms. The summed E-state index contributed by atoms with van der Waals surface area (Å²) in [6, 6.07) is 0. The van der Waals surface area contributed by atoms with Crippen molar-refractivity contribution in [3.05, 3.63) is 48.9 Å². The summed E-state index contributed by atoms with van der Waals surface area (Å²) in [6.07, 6.45) is 13.8. The molecule has 0 unspecified atom stereocenters. The van der Waals surface area contributed by atoms with Gasteiger partial charge >= 0.3 is 0 Å². The van der Waals surface area contributed by atoms with Gasteiger partial charge in [0, 0.05) is 0 Å². The Morgan fingerprint density at radius 2 is 0.800 bits per heavy atom. The third-order valence-electron chi connectivity index (χ3n) is 0.778. The molecule has 0 aromatic carbocycles. The van der Waals surface area contributed by atoms with Crippen LogP contribution in [-0.4, -0.2) is 0 Å². The predicted octanol–water partition coefficient (Wildman–Crippen LogP) is 1.04. The van der Waals surface area contributed by atoms with E-state index in [0.29, 0.717) is 0 Å². The van der Waals surface area contributed by atoms with E-state index in [1.807, 2.05) is 24.3 Å². The summed E-state index contributed by atoms with van der Waals surface area (Å²) in [5.74, 6) is 0. The Kier molecular flexibility index (Phi) is 6.47. The Morgan fingerprint density at radius 1 is 0.500 bits per heavy atom. The molecule has 0 radical (unpaired) electrons. The number of hydrogen-bond donors (Lipinski definition) is 2. The van der Waals surface area contributed by atoms with Crippen molar-refractivity contribution in [2.75, 3.05) is 0 Å². The van der Waals surface area contributed by atoms with Gasteiger partial charge in [-0.2, -0.15) is 0 Å². The number of nitrogens with two attached hydrogens (primary N) is 2. The van der Waals surface area contributed by atoms with E-state index in [4.69, 9.17) is 11.5 Å². The first-order valence-corrected chi connectivity index (χ1v) is 3.00. The lowest BCUT2D eigenvalue weighted by Gasteiger charge is -1.71. The summed E-state index contributed by atoms with van der Waals surface area (Å²) in [4.78, 5) is 0. The minimum atomic E-state index is 1.48. The second-order valence-corrected chi connectivity index (χ2v) is 1.54. The average Bonchev–Trinajstić information content (AvgIpc) is 1.97. The highest BCUT2D eigenvalue weighted by Gasteiger charge is 1.58. The quantitative estimate of drug-likeness (QED) is 0.569. The van der Waals surface area contributed by atoms with Crippen molar-refractivity contribution in [2.45, 2.75) is 0 Å². The molecule has 4 N–H and O–H groups in total. The van der Waals surface area contributed by atoms with Gasteiger partial charge in [-0.1, -0.05) is 24.3 Å². The van der Waals surface area contributed by atoms with E-state index in [1.165, 1.54) is 12.4 Å². The van der Waals surface area contributed by atoms with Crippen LogP contribution in [0.5, 0.6) is 0 Å². The maximum absolute atomic E-state index is 5.08. The van der Waals surface area contributed by atoms with E-state index in [1.54, 1.807) is 12.2 Å². The molecule has 0 fully saturated rings. The molecule has 0 saturated carbocycles. The summed E-state index contributed by atoms with van der Waals surface area (Å²) in [5, 5.41) is 0. The lowest BCUT2D eigenvalue weighted by molar-refractivity contribution is 1.59. The summed E-state index contributed by atoms with van der Waals surface area (Å²) >= 11 is 0. The molecule has 0 spiro atoms. The van der Waals surface area contributed by atoms with Crippen LogP contribution in [0.1, 0.15) is 0 Å². The van der Waals surface area contributed by atoms with Gasteiger partial charge in [0.2, 0.25) is 0 Å². The molecule has 0 heterocycles. The molecule has 2 heteroatoms. The minimum Gasteiger partial charge on any atom is -0.405 e. The molecule has 2 nitrogen and oxygen atoms in total. The van der Waals surface area contributed by atoms with Crippen LogP contribution in [0.15, 0.2) is 48.9 Å². The summed E-state index contributed by atoms with van der Waals surface area (Å²) in [6.45, 7) is 0. The fourth-order valence-corrected chi connectivity index (χ4v) is 0.385. The van der Waals surface area contributed by atoms with Crippen LogP contribution >= 0.6 is 0 Å². The molecule has 0 aliphatic carbocycles. The van der Waals surface area contributed by atoms with Gasteiger partial charge in [-0.3, -0.25) is 0 Å². The standard InChI is InChI=1S/C8H12N2/c9-7-5-3-1-2-4-6-8-10/h1-8H,9-10H2. The van der Waals surface area contributed by atoms with E-state index >= 15 is 0 Å². The van der Waals surface area contributed by atoms with Crippen molar-refractivity contribution < 1.29 is 0 Å². The highest BCUT2D eigenvalue weighted by molar-refractivity contribution is 5.14. The average molecular weight is 136 g/mol. The molecular formula is C8H12N2. The van der Waals surface area contributed by atoms with Crippen LogP contribution in [0.25, 0.3) is 0 Å². The Hall–Kier alpha value is -1.44. The zero-order valence-corrected chi connectivity index (χ0v) is 5.77. The monoisotopic (exact) mass is 136 g/mol. The van der Waals surface area contributed by atoms with Crippen molar-refractivity contribution in [1.82, 2.24) is 0 Å². The van der Waals surface area contributed by atoms with Crippen LogP contribution in [0, 0.1) is 0 Å². The van der Waals surface area contributed by atoms with Gasteiger partial charge in [0.1, 0.15) is 0 Å². The van der Waals surface area contributed by atoms with Crippen LogP contribution in [0.3, 0.4) is 0 Å². The summed E-state index contributed by atoms with van der Waals surface area (Å²) in [5.41, 5.74) is 10.2. The molecule has 0 saturated heterocycles. The molecule has 0 amide bonds. The highest BCUT2D eigenvalue weighted by atomic mass is 14.5. The SMILES string of the molecule is NC=CC=CC=CC=CN. The van der Waals surface area contributed by atoms with Gasteiger partial charge in [-0.15, -0.1) is 0 Å². The van der Waals surface area contributed by atoms with Gasteiger partial charge in [0.05, 0.1) is 0 Å². The van der Waals surface area contributed by atoms with Crippen molar-refractivity contribution in [2.24, 2.45) is 11.5 Å². The zero-order valence-electron chi connectivity index (χ0n) is 5.77. The van der Waals surface area contributed by atoms with E-state index in [-0.39, 0.29) is 0 Å². The van der Waals surface area contributed by atoms with Crippen molar-refractivity contribution in [3.8, 4) is 0 Å². The Bertz CT molecular complexity index is 144. The van der Waals surface area contributed by atoms with Gasteiger partial charge in [0.25, 0.3) is 0 Å². The Balaban J connectivity index is 3.51. The molecule has 0 aromatic rings. The second kappa shape index (κ2) is 7.56. The van der Waals surface area contributed by atoms with Crippen LogP contribution in [-0.2, 0) is 0 Å². The number of rotatable bonds is 3. The molecule has 0 aromatic heterocycles. The molecular weight excluding hydrogens is 124 g/mol. The molecule has 0 aliphatic rings. The van der Waals surface area contributed by atoms with E-state index in [9.17, 15) is 0 Å². The smallest absolute Gasteiger partial charge is 0.00624 e. The first kappa shape index (κ1) is 8.56. The fourth-order valence-electron chi connectivity index (χ4n) is 0.385. The fraction of sp³-hybridized carbons (Fsp3) is 0. The Labute approximate surface area is 61.2 Å². The topological polar surface area (TPSA) is 52.0 Å². The zero-order chi connectivity index (χ0) is 7.66. The highest BCUT2D eigenvalue weighted by Crippen LogP contribution is 1.78. The lowest BCUT2D eigenvalue weighted by atomic mass is 10.4. The van der Waals surface area contributed by atoms with Gasteiger partial charge in [0.15, 0.2) is 0 Å². The van der Waals surface area contributed by atoms with Crippen LogP contribution in [0.4, 0.5) is 0 Å². The molecule has 0 aliphatic heterocycles. The maximum Gasteiger partial charge on any atom is -0.00624 e. The molecule has 0 bridgehead atoms. The largest absolute Gasteiger partial charge is 0.405 e. The van der Waals surface area contributed by atoms with Gasteiger partial charge < -0.3 is 11.5 Å². The summed E-state index contributed by atoms with van der Waals surface area (Å²) < 4.78 is 0. The second-order valence-electron chi connectivity index (χ2n) is 1.54. The third-order valence-corrected chi connectivity index (χ3v) is 0.778. The van der Waals surface area contributed by atoms with Gasteiger partial charge in [-0.25, -0.2) is 0 Å². The van der Waals surface area contributed by atoms with E-state index < -0.39 is 0 Å². The Morgan fingerprint density at radius 3 is 1.10 bits per heavy atom. The van der Waals surface area contributed by atoms with E-state index in [2.05, 4.69) is 0 Å². The molecule has 0 rings (SSSR count). The van der Waals surface area contributed by atoms with Crippen molar-refractivity contribution in [1.29, 1.82) is 0 Å². The summed E-state index contributed by atoms with van der Waals surface area (Å²) in [7, 11) is 0. The molecule has 54 valence electrons. The first-order valence-electron chi connectivity index (χ1n) is 3.00. The number of allylic oxidation sites excluding steroid dienone is 6. The normalized spacial score (nSPS) is 13.2. The van der Waals surface area contributed by atoms with Crippen molar-refractivity contribution >= 4 is 0 Å². The van der Waals surface area contributed by atoms with Crippen LogP contribution in [0.2, 0.25) is 0 Å². The first-order chi connectivity index (χ1) is 4.91. The lowest BCUT2D eigenvalue weighted by Crippen LogP contribution is -1.72. The van der Waals surface area contributed by atoms with E-state index in [0.717, 1.165) is 0 Å². The van der Waals surface area contributed by atoms with Crippen LogP contribution < -0.4 is 11.5 Å². The minimum absolute atomic E-state index is 1.48. The maximum atomic E-state index is 5.08. The molecule has 0 atom stereocenters. The predicted molar refractivity (Wildman–Crippen MR) is 44.9 cm³/mol. The van der Waals surface area contributed by atoms with Gasteiger partial charge in [-0.05, 0) is 24.6 Å². The number of hydrogen-bond acceptors (Lipinski definition) is 2. The third kappa shape index (κ3) is 6.56.